The van der Waals surface area contributed by atoms with E-state index >= 15 is 0 Å². The van der Waals surface area contributed by atoms with Crippen LogP contribution < -0.4 is 4.90 Å². The summed E-state index contributed by atoms with van der Waals surface area (Å²) in [6, 6.07) is 48.0. The van der Waals surface area contributed by atoms with E-state index in [1.54, 1.807) is 42.7 Å². The molecule has 3 aliphatic rings. The van der Waals surface area contributed by atoms with Crippen molar-refractivity contribution in [3.63, 3.8) is 0 Å². The fraction of sp³-hybridized carbons (Fsp3) is 0.556. The second-order valence-corrected chi connectivity index (χ2v) is 25.2. The van der Waals surface area contributed by atoms with Gasteiger partial charge in [-0.25, -0.2) is 0 Å². The Kier molecular flexibility index (Phi) is 34.2. The van der Waals surface area contributed by atoms with E-state index in [1.165, 1.54) is 66.8 Å². The van der Waals surface area contributed by atoms with Gasteiger partial charge in [0.1, 0.15) is 0 Å². The molecular weight excluding hydrogens is 1270 g/mol. The maximum Gasteiger partial charge on any atom is 0.0701 e. The summed E-state index contributed by atoms with van der Waals surface area (Å²) in [5, 5.41) is 0. The van der Waals surface area contributed by atoms with Gasteiger partial charge in [-0.2, -0.15) is 0 Å². The van der Waals surface area contributed by atoms with E-state index in [0.717, 1.165) is 17.1 Å². The summed E-state index contributed by atoms with van der Waals surface area (Å²) in [5.74, 6) is 0. The van der Waals surface area contributed by atoms with Crippen molar-refractivity contribution in [3.05, 3.63) is 161 Å². The fourth-order valence-electron chi connectivity index (χ4n) is 14.4. The maximum atomic E-state index is 6.52. The van der Waals surface area contributed by atoms with Gasteiger partial charge in [0.2, 0.25) is 0 Å². The monoisotopic (exact) mass is 1390 g/mol. The van der Waals surface area contributed by atoms with Gasteiger partial charge in [-0.15, -0.1) is 0 Å². The molecule has 0 aromatic heterocycles. The molecule has 0 fully saturated rings. The van der Waals surface area contributed by atoms with Crippen molar-refractivity contribution >= 4 is 17.1 Å². The van der Waals surface area contributed by atoms with Crippen molar-refractivity contribution in [1.29, 1.82) is 0 Å². The largest absolute Gasteiger partial charge is 0.382 e. The molecule has 3 aliphatic carbocycles. The molecule has 6 aromatic rings. The van der Waals surface area contributed by atoms with Crippen LogP contribution in [0, 0.1) is 0 Å². The molecule has 9 rings (SSSR count). The lowest BCUT2D eigenvalue weighted by Crippen LogP contribution is -2.30. The Bertz CT molecular complexity index is 2890. The fourth-order valence-corrected chi connectivity index (χ4v) is 14.4. The Balaban J connectivity index is 1.19. The average Bonchev–Trinajstić information content (AvgIpc) is 1.56. The molecule has 19 heteroatoms. The lowest BCUT2D eigenvalue weighted by atomic mass is 9.72. The van der Waals surface area contributed by atoms with Gasteiger partial charge in [0, 0.05) is 116 Å². The molecule has 548 valence electrons. The molecule has 0 saturated carbocycles. The third-order valence-electron chi connectivity index (χ3n) is 19.4. The molecule has 0 atom stereocenters. The standard InChI is InChI=1S/C81H111NO18/c1-83-37-43-95-55-49-89-31-25-79(26-32-90-50-56-96-44-38-84-2)73-16-10-7-13-67(73)70-22-19-64(61-76(70)79)82(65-20-23-71-68-14-8-11-17-74(68)80(77(71)62-65,27-33-91-51-57-97-45-39-85-3)28-34-92-52-58-98-46-40-86-4)66-21-24-72-69-15-9-12-18-75(69)81(78(72)63-66,29-35-93-53-59-99-47-41-87-5)30-36-94-54-60-100-48-42-88-6/h7-24,61-63H,25-60H2,1-6H3. The predicted molar refractivity (Wildman–Crippen MR) is 389 cm³/mol. The lowest BCUT2D eigenvalue weighted by Gasteiger charge is -2.36. The molecule has 0 saturated heterocycles. The SMILES string of the molecule is COCCOCCOCCC1(CCOCCOCCOC)c2ccccc2-c2ccc(N(c3ccc4c(c3)C(CCOCCOCCOC)(CCOCCOCCOC)c3ccccc3-4)c3ccc4c(c3)C(CCOCCOCCOC)(CCOCCOCCOC)c3ccccc3-4)cc21. The van der Waals surface area contributed by atoms with Crippen LogP contribution in [-0.2, 0) is 102 Å². The van der Waals surface area contributed by atoms with Crippen molar-refractivity contribution in [1.82, 2.24) is 0 Å². The van der Waals surface area contributed by atoms with Gasteiger partial charge in [0.25, 0.3) is 0 Å². The number of nitrogens with zero attached hydrogens (tertiary/aromatic N) is 1. The molecule has 0 bridgehead atoms. The minimum absolute atomic E-state index is 0.459. The van der Waals surface area contributed by atoms with Crippen molar-refractivity contribution < 1.29 is 85.3 Å². The van der Waals surface area contributed by atoms with Crippen molar-refractivity contribution in [2.45, 2.75) is 54.8 Å². The van der Waals surface area contributed by atoms with Crippen LogP contribution in [0.15, 0.2) is 127 Å². The van der Waals surface area contributed by atoms with E-state index in [0.29, 0.717) is 237 Å². The van der Waals surface area contributed by atoms with Crippen LogP contribution in [0.25, 0.3) is 33.4 Å². The number of benzene rings is 6. The Labute approximate surface area is 594 Å². The van der Waals surface area contributed by atoms with Crippen molar-refractivity contribution in [2.24, 2.45) is 0 Å². The average molecular weight is 1390 g/mol. The first-order valence-electron chi connectivity index (χ1n) is 35.8. The second kappa shape index (κ2) is 43.5. The Hall–Kier alpha value is -5.60. The molecule has 0 N–H and O–H groups in total. The number of anilines is 3. The summed E-state index contributed by atoms with van der Waals surface area (Å²) < 4.78 is 106. The summed E-state index contributed by atoms with van der Waals surface area (Å²) in [6.45, 7) is 14.8. The minimum Gasteiger partial charge on any atom is -0.382 e. The predicted octanol–water partition coefficient (Wildman–Crippen LogP) is 12.4. The van der Waals surface area contributed by atoms with Gasteiger partial charge < -0.3 is 90.2 Å². The van der Waals surface area contributed by atoms with Crippen molar-refractivity contribution in [2.75, 3.05) is 246 Å². The van der Waals surface area contributed by atoms with Crippen LogP contribution in [0.3, 0.4) is 0 Å². The Morgan fingerprint density at radius 3 is 0.590 bits per heavy atom. The third-order valence-corrected chi connectivity index (χ3v) is 19.4. The molecule has 100 heavy (non-hydrogen) atoms. The molecule has 0 heterocycles. The quantitative estimate of drug-likeness (QED) is 0.0330. The van der Waals surface area contributed by atoms with Crippen LogP contribution in [0.1, 0.15) is 71.9 Å². The number of fused-ring (bicyclic) bond motifs is 9. The third kappa shape index (κ3) is 20.9. The van der Waals surface area contributed by atoms with Crippen LogP contribution in [0.5, 0.6) is 0 Å². The number of ether oxygens (including phenoxy) is 18. The smallest absolute Gasteiger partial charge is 0.0701 e. The van der Waals surface area contributed by atoms with Gasteiger partial charge in [-0.3, -0.25) is 0 Å². The molecule has 0 spiro atoms. The van der Waals surface area contributed by atoms with Crippen molar-refractivity contribution in [3.8, 4) is 33.4 Å². The molecule has 19 nitrogen and oxygen atoms in total. The van der Waals surface area contributed by atoms with Crippen LogP contribution >= 0.6 is 0 Å². The van der Waals surface area contributed by atoms with Gasteiger partial charge in [0.15, 0.2) is 0 Å². The zero-order valence-electron chi connectivity index (χ0n) is 60.4. The van der Waals surface area contributed by atoms with E-state index in [2.05, 4.69) is 132 Å². The number of methoxy groups -OCH3 is 6. The zero-order chi connectivity index (χ0) is 69.8. The number of hydrogen-bond donors (Lipinski definition) is 0. The summed E-state index contributed by atoms with van der Waals surface area (Å²) in [7, 11) is 10.1. The molecule has 0 aliphatic heterocycles. The summed E-state index contributed by atoms with van der Waals surface area (Å²) >= 11 is 0. The molecular formula is C81H111NO18. The topological polar surface area (TPSA) is 169 Å². The first-order valence-corrected chi connectivity index (χ1v) is 35.8. The van der Waals surface area contributed by atoms with Crippen LogP contribution in [0.2, 0.25) is 0 Å². The summed E-state index contributed by atoms with van der Waals surface area (Å²) in [4.78, 5) is 2.49. The Morgan fingerprint density at radius 2 is 0.380 bits per heavy atom. The highest BCUT2D eigenvalue weighted by atomic mass is 16.6. The van der Waals surface area contributed by atoms with Crippen LogP contribution in [-0.4, -0.2) is 241 Å². The molecule has 6 aromatic carbocycles. The number of hydrogen-bond acceptors (Lipinski definition) is 19. The highest BCUT2D eigenvalue weighted by Crippen LogP contribution is 2.59. The zero-order valence-corrected chi connectivity index (χ0v) is 60.4. The maximum absolute atomic E-state index is 6.52. The van der Waals surface area contributed by atoms with Gasteiger partial charge >= 0.3 is 0 Å². The minimum atomic E-state index is -0.502. The van der Waals surface area contributed by atoms with E-state index in [-0.39, 0.29) is 0 Å². The first kappa shape index (κ1) is 78.5. The van der Waals surface area contributed by atoms with E-state index in [1.807, 2.05) is 0 Å². The summed E-state index contributed by atoms with van der Waals surface area (Å²) in [6.07, 6.45) is 4.23. The normalized spacial score (nSPS) is 14.1. The molecule has 0 unspecified atom stereocenters. The second-order valence-electron chi connectivity index (χ2n) is 25.2. The Morgan fingerprint density at radius 1 is 0.200 bits per heavy atom. The van der Waals surface area contributed by atoms with Gasteiger partial charge in [-0.05, 0) is 142 Å². The summed E-state index contributed by atoms with van der Waals surface area (Å²) in [5.41, 5.74) is 16.2. The van der Waals surface area contributed by atoms with Gasteiger partial charge in [0.05, 0.1) is 159 Å². The highest BCUT2D eigenvalue weighted by molar-refractivity contribution is 5.90. The highest BCUT2D eigenvalue weighted by Gasteiger charge is 2.47. The van der Waals surface area contributed by atoms with Crippen LogP contribution in [0.4, 0.5) is 17.1 Å². The number of rotatable bonds is 57. The van der Waals surface area contributed by atoms with E-state index < -0.39 is 16.2 Å². The van der Waals surface area contributed by atoms with Gasteiger partial charge in [-0.1, -0.05) is 91.0 Å². The van der Waals surface area contributed by atoms with E-state index in [9.17, 15) is 0 Å². The molecule has 0 amide bonds. The lowest BCUT2D eigenvalue weighted by molar-refractivity contribution is 0.0145. The molecule has 0 radical (unpaired) electrons. The van der Waals surface area contributed by atoms with E-state index in [4.69, 9.17) is 85.3 Å². The first-order chi connectivity index (χ1) is 49.4.